The molecule has 0 saturated heterocycles. The Balaban J connectivity index is 2.07. The van der Waals surface area contributed by atoms with Crippen LogP contribution in [0.25, 0.3) is 0 Å². The molecule has 0 radical (unpaired) electrons. The number of benzene rings is 2. The highest BCUT2D eigenvalue weighted by molar-refractivity contribution is 6.30. The minimum absolute atomic E-state index is 0.00127. The zero-order valence-corrected chi connectivity index (χ0v) is 11.5. The van der Waals surface area contributed by atoms with E-state index in [1.165, 1.54) is 42.5 Å². The summed E-state index contributed by atoms with van der Waals surface area (Å²) in [4.78, 5) is 0. The number of halogens is 4. The Bertz CT molecular complexity index is 602. The van der Waals surface area contributed by atoms with Crippen molar-refractivity contribution in [2.45, 2.75) is 19.1 Å². The Kier molecular flexibility index (Phi) is 5.09. The van der Waals surface area contributed by atoms with Crippen molar-refractivity contribution in [1.82, 2.24) is 0 Å². The molecule has 0 aromatic heterocycles. The third kappa shape index (κ3) is 4.37. The Morgan fingerprint density at radius 2 is 1.76 bits per heavy atom. The summed E-state index contributed by atoms with van der Waals surface area (Å²) < 4.78 is 41.9. The second kappa shape index (κ2) is 6.83. The van der Waals surface area contributed by atoms with Crippen LogP contribution in [0.15, 0.2) is 42.5 Å². The summed E-state index contributed by atoms with van der Waals surface area (Å²) in [6.45, 7) is -2.90. The second-order valence-electron chi connectivity index (χ2n) is 4.40. The maximum atomic E-state index is 13.6. The smallest absolute Gasteiger partial charge is 0.387 e. The second-order valence-corrected chi connectivity index (χ2v) is 4.84. The minimum Gasteiger partial charge on any atom is -0.435 e. The molecule has 1 unspecified atom stereocenters. The lowest BCUT2D eigenvalue weighted by molar-refractivity contribution is -0.0498. The molecular formula is C15H12ClF3O2. The number of aliphatic hydroxyl groups excluding tert-OH is 1. The number of hydrogen-bond acceptors (Lipinski definition) is 2. The fourth-order valence-corrected chi connectivity index (χ4v) is 2.04. The zero-order chi connectivity index (χ0) is 15.4. The van der Waals surface area contributed by atoms with Crippen molar-refractivity contribution < 1.29 is 23.0 Å². The van der Waals surface area contributed by atoms with E-state index in [4.69, 9.17) is 11.6 Å². The van der Waals surface area contributed by atoms with Crippen LogP contribution < -0.4 is 4.74 Å². The van der Waals surface area contributed by atoms with E-state index in [-0.39, 0.29) is 17.2 Å². The van der Waals surface area contributed by atoms with Gasteiger partial charge in [-0.25, -0.2) is 4.39 Å². The SMILES string of the molecule is OC(Cc1ccc(Cl)cc1F)c1ccc(OC(F)F)cc1. The van der Waals surface area contributed by atoms with Gasteiger partial charge < -0.3 is 9.84 Å². The lowest BCUT2D eigenvalue weighted by Gasteiger charge is -2.13. The lowest BCUT2D eigenvalue weighted by Crippen LogP contribution is -2.05. The van der Waals surface area contributed by atoms with Crippen molar-refractivity contribution >= 4 is 11.6 Å². The number of aliphatic hydroxyl groups is 1. The largest absolute Gasteiger partial charge is 0.435 e. The van der Waals surface area contributed by atoms with Crippen LogP contribution in [0.5, 0.6) is 5.75 Å². The summed E-state index contributed by atoms with van der Waals surface area (Å²) in [6.07, 6.45) is -0.904. The van der Waals surface area contributed by atoms with Gasteiger partial charge in [0.05, 0.1) is 6.10 Å². The van der Waals surface area contributed by atoms with E-state index in [9.17, 15) is 18.3 Å². The molecule has 6 heteroatoms. The molecule has 2 nitrogen and oxygen atoms in total. The molecule has 0 fully saturated rings. The minimum atomic E-state index is -2.90. The molecule has 0 aliphatic carbocycles. The van der Waals surface area contributed by atoms with Gasteiger partial charge in [-0.3, -0.25) is 0 Å². The number of rotatable bonds is 5. The van der Waals surface area contributed by atoms with Crippen molar-refractivity contribution in [3.8, 4) is 5.75 Å². The Morgan fingerprint density at radius 3 is 2.33 bits per heavy atom. The molecule has 0 bridgehead atoms. The molecule has 2 aromatic rings. The van der Waals surface area contributed by atoms with E-state index < -0.39 is 18.5 Å². The lowest BCUT2D eigenvalue weighted by atomic mass is 10.0. The summed E-state index contributed by atoms with van der Waals surface area (Å²) in [5, 5.41) is 10.3. The zero-order valence-electron chi connectivity index (χ0n) is 10.8. The van der Waals surface area contributed by atoms with Crippen LogP contribution in [0.4, 0.5) is 13.2 Å². The van der Waals surface area contributed by atoms with Gasteiger partial charge in [-0.05, 0) is 35.4 Å². The van der Waals surface area contributed by atoms with E-state index in [2.05, 4.69) is 4.74 Å². The van der Waals surface area contributed by atoms with Gasteiger partial charge >= 0.3 is 6.61 Å². The maximum absolute atomic E-state index is 13.6. The first-order valence-electron chi connectivity index (χ1n) is 6.12. The van der Waals surface area contributed by atoms with Gasteiger partial charge in [-0.2, -0.15) is 8.78 Å². The summed E-state index contributed by atoms with van der Waals surface area (Å²) in [6, 6.07) is 9.75. The van der Waals surface area contributed by atoms with Crippen molar-refractivity contribution in [3.63, 3.8) is 0 Å². The molecule has 2 aromatic carbocycles. The average Bonchev–Trinajstić information content (AvgIpc) is 2.42. The molecule has 2 rings (SSSR count). The van der Waals surface area contributed by atoms with Gasteiger partial charge in [0.25, 0.3) is 0 Å². The van der Waals surface area contributed by atoms with Gasteiger partial charge in [0.2, 0.25) is 0 Å². The van der Waals surface area contributed by atoms with Crippen LogP contribution in [0.3, 0.4) is 0 Å². The summed E-state index contributed by atoms with van der Waals surface area (Å²) in [5.41, 5.74) is 0.797. The molecule has 0 spiro atoms. The van der Waals surface area contributed by atoms with Crippen LogP contribution >= 0.6 is 11.6 Å². The predicted octanol–water partition coefficient (Wildman–Crippen LogP) is 4.36. The molecule has 0 aliphatic heterocycles. The highest BCUT2D eigenvalue weighted by atomic mass is 35.5. The first kappa shape index (κ1) is 15.7. The van der Waals surface area contributed by atoms with Crippen molar-refractivity contribution in [2.24, 2.45) is 0 Å². The predicted molar refractivity (Wildman–Crippen MR) is 73.1 cm³/mol. The monoisotopic (exact) mass is 316 g/mol. The van der Waals surface area contributed by atoms with Crippen molar-refractivity contribution in [3.05, 3.63) is 64.4 Å². The highest BCUT2D eigenvalue weighted by Crippen LogP contribution is 2.24. The van der Waals surface area contributed by atoms with E-state index in [0.717, 1.165) is 0 Å². The van der Waals surface area contributed by atoms with Gasteiger partial charge in [0.15, 0.2) is 0 Å². The van der Waals surface area contributed by atoms with Crippen LogP contribution in [0.2, 0.25) is 5.02 Å². The molecule has 0 aliphatic rings. The molecule has 21 heavy (non-hydrogen) atoms. The number of alkyl halides is 2. The Morgan fingerprint density at radius 1 is 1.10 bits per heavy atom. The van der Waals surface area contributed by atoms with E-state index in [1.807, 2.05) is 0 Å². The molecule has 112 valence electrons. The molecule has 0 saturated carbocycles. The average molecular weight is 317 g/mol. The highest BCUT2D eigenvalue weighted by Gasteiger charge is 2.13. The fraction of sp³-hybridized carbons (Fsp3) is 0.200. The first-order chi connectivity index (χ1) is 9.95. The van der Waals surface area contributed by atoms with Crippen LogP contribution in [-0.2, 0) is 6.42 Å². The fourth-order valence-electron chi connectivity index (χ4n) is 1.88. The van der Waals surface area contributed by atoms with E-state index in [1.54, 1.807) is 0 Å². The topological polar surface area (TPSA) is 29.5 Å². The van der Waals surface area contributed by atoms with Crippen LogP contribution in [-0.4, -0.2) is 11.7 Å². The summed E-state index contributed by atoms with van der Waals surface area (Å²) in [5.74, 6) is -0.502. The Labute approximate surface area is 124 Å². The quantitative estimate of drug-likeness (QED) is 0.888. The van der Waals surface area contributed by atoms with Crippen LogP contribution in [0, 0.1) is 5.82 Å². The molecule has 0 amide bonds. The van der Waals surface area contributed by atoms with E-state index >= 15 is 0 Å². The van der Waals surface area contributed by atoms with Gasteiger partial charge in [-0.1, -0.05) is 29.8 Å². The third-order valence-electron chi connectivity index (χ3n) is 2.92. The normalized spacial score (nSPS) is 12.5. The van der Waals surface area contributed by atoms with Crippen LogP contribution in [0.1, 0.15) is 17.2 Å². The van der Waals surface area contributed by atoms with Crippen molar-refractivity contribution in [2.75, 3.05) is 0 Å². The molecule has 0 heterocycles. The maximum Gasteiger partial charge on any atom is 0.387 e. The summed E-state index contributed by atoms with van der Waals surface area (Å²) >= 11 is 5.65. The first-order valence-corrected chi connectivity index (χ1v) is 6.50. The number of ether oxygens (including phenoxy) is 1. The Hall–Kier alpha value is -1.72. The number of hydrogen-bond donors (Lipinski definition) is 1. The van der Waals surface area contributed by atoms with Crippen molar-refractivity contribution in [1.29, 1.82) is 0 Å². The third-order valence-corrected chi connectivity index (χ3v) is 3.15. The molecule has 1 N–H and O–H groups in total. The van der Waals surface area contributed by atoms with E-state index in [0.29, 0.717) is 11.1 Å². The molecule has 1 atom stereocenters. The van der Waals surface area contributed by atoms with Gasteiger partial charge in [0.1, 0.15) is 11.6 Å². The molecular weight excluding hydrogens is 305 g/mol. The van der Waals surface area contributed by atoms with Gasteiger partial charge in [-0.15, -0.1) is 0 Å². The standard InChI is InChI=1S/C15H12ClF3O2/c16-11-4-1-10(13(17)8-11)7-14(20)9-2-5-12(6-3-9)21-15(18)19/h1-6,8,14-15,20H,7H2. The summed E-state index contributed by atoms with van der Waals surface area (Å²) in [7, 11) is 0. The van der Waals surface area contributed by atoms with Gasteiger partial charge in [0, 0.05) is 11.4 Å².